The van der Waals surface area contributed by atoms with E-state index in [9.17, 15) is 35.9 Å². The standard InChI is InChI=1S/C20H20F3N7O2S.C2HF3O2/c1-24-18(32)19-30-29-17(33-19)5-3-2-4-13-6-7-15(28-27-13)26-16(31)11-14-10-12(8-9-25-14)20(21,22)23;3-2(4,5)1(6)7/h6-10H,2-5,11H2,1H3,(H,24,32)(H,26,28,31);(H,6,7). The fourth-order valence-electron chi connectivity index (χ4n) is 2.80. The van der Waals surface area contributed by atoms with Crippen molar-refractivity contribution in [3.05, 3.63) is 57.4 Å². The van der Waals surface area contributed by atoms with Crippen LogP contribution in [0.25, 0.3) is 0 Å². The molecule has 3 rings (SSSR count). The number of pyridine rings is 1. The number of carbonyl (C=O) groups is 3. The van der Waals surface area contributed by atoms with Crippen LogP contribution in [0.2, 0.25) is 0 Å². The Kier molecular flexibility index (Phi) is 11.4. The summed E-state index contributed by atoms with van der Waals surface area (Å²) in [6, 6.07) is 5.00. The van der Waals surface area contributed by atoms with Crippen molar-refractivity contribution in [3.63, 3.8) is 0 Å². The van der Waals surface area contributed by atoms with Gasteiger partial charge in [-0.3, -0.25) is 14.6 Å². The number of halogens is 6. The Morgan fingerprint density at radius 3 is 2.17 bits per heavy atom. The second-order valence-corrected chi connectivity index (χ2v) is 8.82. The van der Waals surface area contributed by atoms with Gasteiger partial charge in [0.2, 0.25) is 10.9 Å². The Morgan fingerprint density at radius 1 is 0.925 bits per heavy atom. The van der Waals surface area contributed by atoms with E-state index in [4.69, 9.17) is 9.90 Å². The summed E-state index contributed by atoms with van der Waals surface area (Å²) in [7, 11) is 1.54. The topological polar surface area (TPSA) is 160 Å². The first kappa shape index (κ1) is 32.0. The molecule has 18 heteroatoms. The van der Waals surface area contributed by atoms with Crippen LogP contribution in [0.4, 0.5) is 32.2 Å². The van der Waals surface area contributed by atoms with Gasteiger partial charge in [-0.25, -0.2) is 4.79 Å². The minimum atomic E-state index is -5.08. The molecule has 3 N–H and O–H groups in total. The molecule has 0 saturated heterocycles. The summed E-state index contributed by atoms with van der Waals surface area (Å²) in [6.45, 7) is 0. The molecule has 0 radical (unpaired) electrons. The average Bonchev–Trinajstić information content (AvgIpc) is 3.35. The summed E-state index contributed by atoms with van der Waals surface area (Å²) < 4.78 is 70.0. The van der Waals surface area contributed by atoms with Crippen LogP contribution in [0.5, 0.6) is 0 Å². The lowest BCUT2D eigenvalue weighted by atomic mass is 10.1. The van der Waals surface area contributed by atoms with Gasteiger partial charge in [0.15, 0.2) is 5.82 Å². The first-order valence-corrected chi connectivity index (χ1v) is 12.0. The van der Waals surface area contributed by atoms with Gasteiger partial charge in [-0.2, -0.15) is 31.4 Å². The fourth-order valence-corrected chi connectivity index (χ4v) is 3.63. The summed E-state index contributed by atoms with van der Waals surface area (Å²) in [5.41, 5.74) is -0.122. The van der Waals surface area contributed by atoms with E-state index in [1.54, 1.807) is 12.1 Å². The normalized spacial score (nSPS) is 11.3. The quantitative estimate of drug-likeness (QED) is 0.249. The summed E-state index contributed by atoms with van der Waals surface area (Å²) in [5.74, 6) is -3.36. The van der Waals surface area contributed by atoms with Gasteiger partial charge in [0.25, 0.3) is 5.91 Å². The minimum Gasteiger partial charge on any atom is -0.475 e. The molecule has 0 aliphatic heterocycles. The van der Waals surface area contributed by atoms with Crippen molar-refractivity contribution < 1.29 is 45.8 Å². The van der Waals surface area contributed by atoms with Crippen molar-refractivity contribution >= 4 is 34.9 Å². The van der Waals surface area contributed by atoms with Crippen molar-refractivity contribution in [2.24, 2.45) is 0 Å². The number of aromatic nitrogens is 5. The molecule has 3 aromatic heterocycles. The van der Waals surface area contributed by atoms with Gasteiger partial charge in [0, 0.05) is 19.7 Å². The van der Waals surface area contributed by atoms with E-state index in [2.05, 4.69) is 36.0 Å². The maximum atomic E-state index is 12.8. The molecule has 0 saturated carbocycles. The van der Waals surface area contributed by atoms with Crippen molar-refractivity contribution in [3.8, 4) is 0 Å². The number of unbranched alkanes of at least 4 members (excludes halogenated alkanes) is 1. The number of carbonyl (C=O) groups excluding carboxylic acids is 2. The number of aryl methyl sites for hydroxylation is 2. The van der Waals surface area contributed by atoms with Crippen LogP contribution in [-0.2, 0) is 35.0 Å². The molecule has 40 heavy (non-hydrogen) atoms. The molecule has 216 valence electrons. The molecule has 3 aromatic rings. The third-order valence-electron chi connectivity index (χ3n) is 4.68. The number of carboxylic acid groups (broad SMARTS) is 1. The average molecular weight is 594 g/mol. The van der Waals surface area contributed by atoms with Crippen molar-refractivity contribution in [2.75, 3.05) is 12.4 Å². The van der Waals surface area contributed by atoms with Crippen molar-refractivity contribution in [1.29, 1.82) is 0 Å². The smallest absolute Gasteiger partial charge is 0.475 e. The SMILES string of the molecule is CNC(=O)c1nnc(CCCCc2ccc(NC(=O)Cc3cc(C(F)(F)F)ccn3)nn2)s1.O=C(O)C(F)(F)F. The van der Waals surface area contributed by atoms with Gasteiger partial charge in [0.05, 0.1) is 23.4 Å². The molecule has 0 spiro atoms. The Bertz CT molecular complexity index is 1300. The molecule has 0 fully saturated rings. The van der Waals surface area contributed by atoms with Crippen LogP contribution in [0.1, 0.15) is 44.6 Å². The number of hydrogen-bond acceptors (Lipinski definition) is 9. The number of anilines is 1. The lowest BCUT2D eigenvalue weighted by molar-refractivity contribution is -0.192. The van der Waals surface area contributed by atoms with Gasteiger partial charge in [-0.1, -0.05) is 11.3 Å². The molecule has 2 amide bonds. The molecule has 0 aliphatic carbocycles. The van der Waals surface area contributed by atoms with E-state index in [1.165, 1.54) is 18.4 Å². The third kappa shape index (κ3) is 10.9. The van der Waals surface area contributed by atoms with Crippen molar-refractivity contribution in [1.82, 2.24) is 30.7 Å². The third-order valence-corrected chi connectivity index (χ3v) is 5.66. The van der Waals surface area contributed by atoms with E-state index in [0.29, 0.717) is 17.8 Å². The van der Waals surface area contributed by atoms with E-state index < -0.39 is 29.8 Å². The molecular formula is C22H21F6N7O4S. The number of rotatable bonds is 9. The number of aliphatic carboxylic acids is 1. The zero-order chi connectivity index (χ0) is 29.9. The van der Waals surface area contributed by atoms with Crippen molar-refractivity contribution in [2.45, 2.75) is 44.5 Å². The Morgan fingerprint density at radius 2 is 1.60 bits per heavy atom. The highest BCUT2D eigenvalue weighted by Crippen LogP contribution is 2.29. The van der Waals surface area contributed by atoms with Gasteiger partial charge in [-0.15, -0.1) is 15.3 Å². The molecule has 11 nitrogen and oxygen atoms in total. The van der Waals surface area contributed by atoms with Crippen LogP contribution in [-0.4, -0.2) is 61.5 Å². The number of nitrogens with one attached hydrogen (secondary N) is 2. The highest BCUT2D eigenvalue weighted by Gasteiger charge is 2.38. The van der Waals surface area contributed by atoms with Crippen LogP contribution < -0.4 is 10.6 Å². The Hall–Kier alpha value is -4.22. The second-order valence-electron chi connectivity index (χ2n) is 7.76. The molecule has 0 unspecified atom stereocenters. The zero-order valence-electron chi connectivity index (χ0n) is 20.5. The van der Waals surface area contributed by atoms with E-state index in [1.807, 2.05) is 0 Å². The maximum absolute atomic E-state index is 12.8. The molecule has 0 aromatic carbocycles. The predicted octanol–water partition coefficient (Wildman–Crippen LogP) is 3.48. The molecule has 3 heterocycles. The Labute approximate surface area is 226 Å². The second kappa shape index (κ2) is 14.2. The van der Waals surface area contributed by atoms with E-state index in [-0.39, 0.29) is 23.8 Å². The van der Waals surface area contributed by atoms with Gasteiger partial charge >= 0.3 is 18.3 Å². The monoisotopic (exact) mass is 593 g/mol. The highest BCUT2D eigenvalue weighted by molar-refractivity contribution is 7.13. The largest absolute Gasteiger partial charge is 0.490 e. The summed E-state index contributed by atoms with van der Waals surface area (Å²) in [5, 5.41) is 29.1. The fraction of sp³-hybridized carbons (Fsp3) is 0.364. The minimum absolute atomic E-state index is 0.00442. The zero-order valence-corrected chi connectivity index (χ0v) is 21.3. The number of nitrogens with zero attached hydrogens (tertiary/aromatic N) is 5. The summed E-state index contributed by atoms with van der Waals surface area (Å²) >= 11 is 1.26. The summed E-state index contributed by atoms with van der Waals surface area (Å²) in [4.78, 5) is 36.3. The van der Waals surface area contributed by atoms with Crippen LogP contribution >= 0.6 is 11.3 Å². The lowest BCUT2D eigenvalue weighted by Gasteiger charge is -2.08. The Balaban J connectivity index is 0.000000708. The van der Waals surface area contributed by atoms with Gasteiger partial charge in [0.1, 0.15) is 5.01 Å². The number of carboxylic acids is 1. The first-order valence-electron chi connectivity index (χ1n) is 11.2. The molecular weight excluding hydrogens is 572 g/mol. The highest BCUT2D eigenvalue weighted by atomic mass is 32.1. The maximum Gasteiger partial charge on any atom is 0.490 e. The number of amides is 2. The first-order chi connectivity index (χ1) is 18.7. The van der Waals surface area contributed by atoms with Crippen LogP contribution in [0.3, 0.4) is 0 Å². The molecule has 0 aliphatic rings. The van der Waals surface area contributed by atoms with Gasteiger partial charge in [-0.05, 0) is 43.5 Å². The van der Waals surface area contributed by atoms with E-state index in [0.717, 1.165) is 41.9 Å². The summed E-state index contributed by atoms with van der Waals surface area (Å²) in [6.07, 6.45) is -5.88. The van der Waals surface area contributed by atoms with E-state index >= 15 is 0 Å². The van der Waals surface area contributed by atoms with Crippen LogP contribution in [0, 0.1) is 0 Å². The number of alkyl halides is 6. The van der Waals surface area contributed by atoms with Gasteiger partial charge < -0.3 is 15.7 Å². The number of hydrogen-bond donors (Lipinski definition) is 3. The molecule has 0 atom stereocenters. The van der Waals surface area contributed by atoms with Crippen LogP contribution in [0.15, 0.2) is 30.5 Å². The lowest BCUT2D eigenvalue weighted by Crippen LogP contribution is -2.21. The predicted molar refractivity (Wildman–Crippen MR) is 127 cm³/mol. The molecule has 0 bridgehead atoms.